The number of ether oxygens (including phenoxy) is 1. The van der Waals surface area contributed by atoms with E-state index in [4.69, 9.17) is 10.5 Å². The van der Waals surface area contributed by atoms with Crippen molar-refractivity contribution in [1.82, 2.24) is 4.98 Å². The monoisotopic (exact) mass is 487 g/mol. The summed E-state index contributed by atoms with van der Waals surface area (Å²) in [5.74, 6) is 0.438. The fourth-order valence-corrected chi connectivity index (χ4v) is 4.48. The Bertz CT molecular complexity index is 1170. The molecule has 1 amide bonds. The molecule has 2 aromatic carbocycles. The van der Waals surface area contributed by atoms with Gasteiger partial charge in [0.05, 0.1) is 17.9 Å². The van der Waals surface area contributed by atoms with Gasteiger partial charge >= 0.3 is 6.18 Å². The summed E-state index contributed by atoms with van der Waals surface area (Å²) in [6.45, 7) is 0.457. The number of allylic oxidation sites excluding steroid dienone is 1. The fraction of sp³-hybridized carbons (Fsp3) is 0.280. The summed E-state index contributed by atoms with van der Waals surface area (Å²) < 4.78 is 44.4. The molecule has 178 valence electrons. The summed E-state index contributed by atoms with van der Waals surface area (Å²) in [4.78, 5) is 17.2. The minimum absolute atomic E-state index is 0.232. The number of nitrogens with zero attached hydrogens (tertiary/aromatic N) is 1. The first kappa shape index (κ1) is 23.8. The number of carbonyl (C=O) groups excluding carboxylic acids is 1. The second-order valence-electron chi connectivity index (χ2n) is 7.99. The summed E-state index contributed by atoms with van der Waals surface area (Å²) in [6, 6.07) is 12.1. The highest BCUT2D eigenvalue weighted by atomic mass is 32.1. The highest BCUT2D eigenvalue weighted by molar-refractivity contribution is 7.13. The van der Waals surface area contributed by atoms with E-state index in [0.29, 0.717) is 53.6 Å². The number of alkyl halides is 3. The molecular weight excluding hydrogens is 463 g/mol. The number of nitrogen functional groups attached to an aromatic ring is 1. The van der Waals surface area contributed by atoms with Crippen LogP contribution in [0.2, 0.25) is 0 Å². The number of rotatable bonds is 7. The highest BCUT2D eigenvalue weighted by Gasteiger charge is 2.30. The Morgan fingerprint density at radius 1 is 1.06 bits per heavy atom. The lowest BCUT2D eigenvalue weighted by atomic mass is 9.86. The average Bonchev–Trinajstić information content (AvgIpc) is 3.24. The van der Waals surface area contributed by atoms with Crippen LogP contribution >= 0.6 is 11.3 Å². The number of nitrogens with one attached hydrogen (secondary N) is 1. The predicted molar refractivity (Wildman–Crippen MR) is 128 cm³/mol. The Labute approximate surface area is 199 Å². The molecule has 1 aliphatic rings. The molecule has 34 heavy (non-hydrogen) atoms. The third-order valence-electron chi connectivity index (χ3n) is 5.61. The SMILES string of the molecule is Nc1nc(CCOc2ccc(NC(=O)C3=C(c4ccc(C(F)(F)F)cc4)CCCC3)cc2)cs1. The van der Waals surface area contributed by atoms with Gasteiger partial charge in [-0.1, -0.05) is 12.1 Å². The van der Waals surface area contributed by atoms with Crippen molar-refractivity contribution in [2.75, 3.05) is 17.7 Å². The summed E-state index contributed by atoms with van der Waals surface area (Å²) in [5.41, 5.74) is 8.51. The van der Waals surface area contributed by atoms with Crippen LogP contribution in [0.25, 0.3) is 5.57 Å². The first-order chi connectivity index (χ1) is 16.3. The van der Waals surface area contributed by atoms with Crippen molar-refractivity contribution in [2.45, 2.75) is 38.3 Å². The van der Waals surface area contributed by atoms with Crippen LogP contribution in [-0.4, -0.2) is 17.5 Å². The van der Waals surface area contributed by atoms with E-state index in [1.54, 1.807) is 24.3 Å². The lowest BCUT2D eigenvalue weighted by molar-refractivity contribution is -0.137. The molecule has 9 heteroatoms. The zero-order valence-corrected chi connectivity index (χ0v) is 19.1. The second kappa shape index (κ2) is 10.3. The Hall–Kier alpha value is -3.33. The van der Waals surface area contributed by atoms with Crippen LogP contribution in [0.15, 0.2) is 59.5 Å². The van der Waals surface area contributed by atoms with Crippen LogP contribution < -0.4 is 15.8 Å². The van der Waals surface area contributed by atoms with Crippen LogP contribution in [0.1, 0.15) is 42.5 Å². The van der Waals surface area contributed by atoms with Gasteiger partial charge in [0, 0.05) is 23.1 Å². The number of halogens is 3. The van der Waals surface area contributed by atoms with E-state index in [1.165, 1.54) is 23.5 Å². The molecule has 3 aromatic rings. The Kier molecular flexibility index (Phi) is 7.21. The molecule has 0 fully saturated rings. The van der Waals surface area contributed by atoms with Gasteiger partial charge in [0.15, 0.2) is 5.13 Å². The number of amides is 1. The zero-order valence-electron chi connectivity index (χ0n) is 18.3. The molecule has 0 bridgehead atoms. The van der Waals surface area contributed by atoms with Crippen molar-refractivity contribution in [3.05, 3.63) is 76.3 Å². The van der Waals surface area contributed by atoms with Crippen LogP contribution in [0.5, 0.6) is 5.75 Å². The van der Waals surface area contributed by atoms with Crippen LogP contribution in [0, 0.1) is 0 Å². The van der Waals surface area contributed by atoms with Gasteiger partial charge in [0.2, 0.25) is 0 Å². The van der Waals surface area contributed by atoms with Crippen molar-refractivity contribution in [3.8, 4) is 5.75 Å². The van der Waals surface area contributed by atoms with Gasteiger partial charge in [-0.3, -0.25) is 4.79 Å². The van der Waals surface area contributed by atoms with Gasteiger partial charge in [-0.05, 0) is 73.2 Å². The highest BCUT2D eigenvalue weighted by Crippen LogP contribution is 2.35. The van der Waals surface area contributed by atoms with Gasteiger partial charge in [0.25, 0.3) is 5.91 Å². The van der Waals surface area contributed by atoms with Gasteiger partial charge in [-0.15, -0.1) is 11.3 Å². The van der Waals surface area contributed by atoms with E-state index in [0.717, 1.165) is 36.2 Å². The van der Waals surface area contributed by atoms with E-state index in [1.807, 2.05) is 5.38 Å². The number of hydrogen-bond acceptors (Lipinski definition) is 5. The van der Waals surface area contributed by atoms with Gasteiger partial charge in [-0.2, -0.15) is 13.2 Å². The van der Waals surface area contributed by atoms with Crippen LogP contribution in [0.4, 0.5) is 24.0 Å². The third-order valence-corrected chi connectivity index (χ3v) is 6.33. The quantitative estimate of drug-likeness (QED) is 0.408. The molecule has 0 saturated heterocycles. The van der Waals surface area contributed by atoms with Crippen LogP contribution in [-0.2, 0) is 17.4 Å². The molecule has 1 aromatic heterocycles. The Balaban J connectivity index is 1.40. The maximum atomic E-state index is 13.0. The summed E-state index contributed by atoms with van der Waals surface area (Å²) in [6.07, 6.45) is -0.732. The van der Waals surface area contributed by atoms with Gasteiger partial charge < -0.3 is 15.8 Å². The molecule has 0 aliphatic heterocycles. The third kappa shape index (κ3) is 5.96. The first-order valence-electron chi connectivity index (χ1n) is 10.9. The zero-order chi connectivity index (χ0) is 24.1. The van der Waals surface area contributed by atoms with Crippen molar-refractivity contribution in [1.29, 1.82) is 0 Å². The van der Waals surface area contributed by atoms with E-state index in [2.05, 4.69) is 10.3 Å². The Morgan fingerprint density at radius 2 is 1.76 bits per heavy atom. The minimum Gasteiger partial charge on any atom is -0.493 e. The van der Waals surface area contributed by atoms with Crippen LogP contribution in [0.3, 0.4) is 0 Å². The number of thiazole rings is 1. The van der Waals surface area contributed by atoms with E-state index < -0.39 is 11.7 Å². The molecule has 0 radical (unpaired) electrons. The molecular formula is C25H24F3N3O2S. The number of benzene rings is 2. The molecule has 5 nitrogen and oxygen atoms in total. The lowest BCUT2D eigenvalue weighted by Gasteiger charge is -2.21. The standard InChI is InChI=1S/C25H24F3N3O2S/c26-25(27,28)17-7-5-16(6-8-17)21-3-1-2-4-22(21)23(32)30-18-9-11-20(12-10-18)33-14-13-19-15-34-24(29)31-19/h5-12,15H,1-4,13-14H2,(H2,29,31)(H,30,32). The normalized spacial score (nSPS) is 14.2. The maximum absolute atomic E-state index is 13.0. The van der Waals surface area contributed by atoms with Crippen molar-refractivity contribution < 1.29 is 22.7 Å². The van der Waals surface area contributed by atoms with Crippen molar-refractivity contribution in [2.24, 2.45) is 0 Å². The number of carbonyl (C=O) groups is 1. The number of nitrogens with two attached hydrogens (primary N) is 1. The van der Waals surface area contributed by atoms with Crippen molar-refractivity contribution >= 4 is 33.6 Å². The fourth-order valence-electron chi connectivity index (χ4n) is 3.89. The molecule has 0 saturated carbocycles. The van der Waals surface area contributed by atoms with Gasteiger partial charge in [0.1, 0.15) is 5.75 Å². The Morgan fingerprint density at radius 3 is 2.41 bits per heavy atom. The molecule has 4 rings (SSSR count). The smallest absolute Gasteiger partial charge is 0.416 e. The molecule has 1 aliphatic carbocycles. The molecule has 0 unspecified atom stereocenters. The van der Waals surface area contributed by atoms with E-state index in [-0.39, 0.29) is 5.91 Å². The lowest BCUT2D eigenvalue weighted by Crippen LogP contribution is -2.18. The average molecular weight is 488 g/mol. The molecule has 3 N–H and O–H groups in total. The van der Waals surface area contributed by atoms with E-state index >= 15 is 0 Å². The number of aromatic nitrogens is 1. The molecule has 0 atom stereocenters. The topological polar surface area (TPSA) is 77.2 Å². The molecule has 0 spiro atoms. The summed E-state index contributed by atoms with van der Waals surface area (Å²) >= 11 is 1.39. The maximum Gasteiger partial charge on any atom is 0.416 e. The van der Waals surface area contributed by atoms with Gasteiger partial charge in [-0.25, -0.2) is 4.98 Å². The van der Waals surface area contributed by atoms with E-state index in [9.17, 15) is 18.0 Å². The first-order valence-corrected chi connectivity index (χ1v) is 11.8. The number of hydrogen-bond donors (Lipinski definition) is 2. The second-order valence-corrected chi connectivity index (χ2v) is 8.88. The minimum atomic E-state index is -4.38. The largest absolute Gasteiger partial charge is 0.493 e. The van der Waals surface area contributed by atoms with Crippen molar-refractivity contribution in [3.63, 3.8) is 0 Å². The summed E-state index contributed by atoms with van der Waals surface area (Å²) in [5, 5.41) is 5.34. The molecule has 1 heterocycles. The summed E-state index contributed by atoms with van der Waals surface area (Å²) in [7, 11) is 0. The number of anilines is 2. The predicted octanol–water partition coefficient (Wildman–Crippen LogP) is 6.33.